The van der Waals surface area contributed by atoms with Gasteiger partial charge >= 0.3 is 0 Å². The molecule has 0 bridgehead atoms. The average molecular weight is 454 g/mol. The molecule has 0 aliphatic carbocycles. The fourth-order valence-corrected chi connectivity index (χ4v) is 3.89. The Morgan fingerprint density at radius 2 is 2.06 bits per heavy atom. The first-order valence-corrected chi connectivity index (χ1v) is 11.4. The minimum Gasteiger partial charge on any atom is -0.493 e. The van der Waals surface area contributed by atoms with E-state index in [0.717, 1.165) is 25.0 Å². The van der Waals surface area contributed by atoms with Gasteiger partial charge in [0, 0.05) is 20.1 Å². The molecule has 0 saturated carbocycles. The molecule has 0 amide bonds. The Morgan fingerprint density at radius 1 is 1.27 bits per heavy atom. The first-order chi connectivity index (χ1) is 16.0. The number of rotatable bonds is 7. The Bertz CT molecular complexity index is 1210. The molecule has 10 nitrogen and oxygen atoms in total. The lowest BCUT2D eigenvalue weighted by Crippen LogP contribution is -2.44. The predicted molar refractivity (Wildman–Crippen MR) is 128 cm³/mol. The molecular weight excluding hydrogens is 422 g/mol. The van der Waals surface area contributed by atoms with E-state index in [0.29, 0.717) is 72.7 Å². The van der Waals surface area contributed by atoms with Crippen LogP contribution in [-0.4, -0.2) is 63.5 Å². The van der Waals surface area contributed by atoms with E-state index < -0.39 is 0 Å². The molecule has 1 aromatic carbocycles. The Balaban J connectivity index is 1.80. The number of benzene rings is 1. The predicted octanol–water partition coefficient (Wildman–Crippen LogP) is 2.34. The van der Waals surface area contributed by atoms with Crippen molar-refractivity contribution in [3.63, 3.8) is 0 Å². The third-order valence-corrected chi connectivity index (χ3v) is 5.51. The summed E-state index contributed by atoms with van der Waals surface area (Å²) in [6, 6.07) is 5.54. The van der Waals surface area contributed by atoms with Crippen molar-refractivity contribution < 1.29 is 9.47 Å². The molecule has 0 spiro atoms. The summed E-state index contributed by atoms with van der Waals surface area (Å²) in [4.78, 5) is 27.2. The van der Waals surface area contributed by atoms with Gasteiger partial charge in [-0.1, -0.05) is 20.3 Å². The summed E-state index contributed by atoms with van der Waals surface area (Å²) in [5.41, 5.74) is 9.20. The zero-order valence-corrected chi connectivity index (χ0v) is 19.4. The number of guanidine groups is 1. The minimum atomic E-state index is -0.240. The van der Waals surface area contributed by atoms with Crippen molar-refractivity contribution in [3.05, 3.63) is 34.2 Å². The molecule has 176 valence electrons. The van der Waals surface area contributed by atoms with Crippen molar-refractivity contribution in [1.29, 1.82) is 0 Å². The lowest BCUT2D eigenvalue weighted by molar-refractivity contribution is 0.0675. The molecule has 1 saturated heterocycles. The van der Waals surface area contributed by atoms with E-state index >= 15 is 0 Å². The molecule has 3 aromatic rings. The number of morpholine rings is 1. The normalized spacial score (nSPS) is 14.8. The van der Waals surface area contributed by atoms with Crippen molar-refractivity contribution in [2.45, 2.75) is 33.1 Å². The summed E-state index contributed by atoms with van der Waals surface area (Å²) >= 11 is 0. The average Bonchev–Trinajstić information content (AvgIpc) is 3.14. The van der Waals surface area contributed by atoms with Crippen LogP contribution in [0.2, 0.25) is 0 Å². The number of aromatic amines is 1. The summed E-state index contributed by atoms with van der Waals surface area (Å²) in [7, 11) is 1.76. The number of hydrogen-bond donors (Lipinski definition) is 2. The number of hydrogen-bond acceptors (Lipinski definition) is 6. The maximum Gasteiger partial charge on any atom is 0.277 e. The van der Waals surface area contributed by atoms with Gasteiger partial charge in [-0.3, -0.25) is 9.48 Å². The van der Waals surface area contributed by atoms with Crippen molar-refractivity contribution in [1.82, 2.24) is 24.6 Å². The number of aromatic nitrogens is 4. The highest BCUT2D eigenvalue weighted by Crippen LogP contribution is 2.32. The third kappa shape index (κ3) is 4.85. The van der Waals surface area contributed by atoms with Crippen LogP contribution in [0, 0.1) is 0 Å². The van der Waals surface area contributed by atoms with Crippen LogP contribution in [0.1, 0.15) is 32.4 Å². The standard InChI is InChI=1S/C23H31N7O3/c1-4-6-17-19-20(29(3)28-17)22(31)27-21(26-19)16-14-15(7-8-18(16)33-11-5-2)25-23(24)30-9-12-32-13-10-30/h7-8,14H,4-6,9-13H2,1-3H3,(H2,24,25)(H,26,27,31). The minimum absolute atomic E-state index is 0.240. The Kier molecular flexibility index (Phi) is 6.93. The van der Waals surface area contributed by atoms with Gasteiger partial charge in [-0.05, 0) is 31.0 Å². The molecule has 0 radical (unpaired) electrons. The lowest BCUT2D eigenvalue weighted by atomic mass is 10.1. The lowest BCUT2D eigenvalue weighted by Gasteiger charge is -2.27. The fourth-order valence-electron chi connectivity index (χ4n) is 3.89. The molecule has 3 heterocycles. The number of nitrogens with one attached hydrogen (secondary N) is 1. The Morgan fingerprint density at radius 3 is 2.79 bits per heavy atom. The maximum absolute atomic E-state index is 12.9. The van der Waals surface area contributed by atoms with Gasteiger partial charge in [-0.2, -0.15) is 5.10 Å². The molecule has 33 heavy (non-hydrogen) atoms. The zero-order chi connectivity index (χ0) is 23.4. The number of nitrogens with two attached hydrogens (primary N) is 1. The zero-order valence-electron chi connectivity index (χ0n) is 19.4. The van der Waals surface area contributed by atoms with Crippen molar-refractivity contribution in [2.75, 3.05) is 32.9 Å². The molecule has 2 aromatic heterocycles. The number of H-pyrrole nitrogens is 1. The van der Waals surface area contributed by atoms with Gasteiger partial charge in [-0.15, -0.1) is 0 Å². The second kappa shape index (κ2) is 10.0. The first-order valence-electron chi connectivity index (χ1n) is 11.4. The van der Waals surface area contributed by atoms with Crippen LogP contribution in [0.3, 0.4) is 0 Å². The number of nitrogens with zero attached hydrogens (tertiary/aromatic N) is 5. The van der Waals surface area contributed by atoms with Crippen LogP contribution in [0.25, 0.3) is 22.4 Å². The van der Waals surface area contributed by atoms with E-state index in [1.165, 1.54) is 0 Å². The number of aliphatic imine (C=N–C) groups is 1. The van der Waals surface area contributed by atoms with Gasteiger partial charge in [0.05, 0.1) is 36.8 Å². The molecule has 4 rings (SSSR count). The van der Waals surface area contributed by atoms with E-state index in [2.05, 4.69) is 22.0 Å². The Labute approximate surface area is 192 Å². The summed E-state index contributed by atoms with van der Waals surface area (Å²) < 4.78 is 12.9. The highest BCUT2D eigenvalue weighted by Gasteiger charge is 2.18. The van der Waals surface area contributed by atoms with Gasteiger partial charge in [0.15, 0.2) is 11.5 Å². The molecule has 0 unspecified atom stereocenters. The second-order valence-corrected chi connectivity index (χ2v) is 8.03. The number of fused-ring (bicyclic) bond motifs is 1. The van der Waals surface area contributed by atoms with E-state index in [4.69, 9.17) is 20.2 Å². The second-order valence-electron chi connectivity index (χ2n) is 8.03. The van der Waals surface area contributed by atoms with E-state index in [1.807, 2.05) is 30.0 Å². The van der Waals surface area contributed by atoms with Crippen LogP contribution in [0.15, 0.2) is 28.0 Å². The van der Waals surface area contributed by atoms with Crippen LogP contribution in [0.5, 0.6) is 5.75 Å². The summed E-state index contributed by atoms with van der Waals surface area (Å²) in [5.74, 6) is 1.48. The maximum atomic E-state index is 12.9. The quantitative estimate of drug-likeness (QED) is 0.416. The van der Waals surface area contributed by atoms with Crippen molar-refractivity contribution in [2.24, 2.45) is 17.8 Å². The largest absolute Gasteiger partial charge is 0.493 e. The molecule has 3 N–H and O–H groups in total. The molecule has 1 fully saturated rings. The molecule has 1 aliphatic rings. The molecule has 1 aliphatic heterocycles. The topological polar surface area (TPSA) is 124 Å². The molecular formula is C23H31N7O3. The van der Waals surface area contributed by atoms with Gasteiger partial charge < -0.3 is 25.1 Å². The number of aryl methyl sites for hydroxylation is 2. The van der Waals surface area contributed by atoms with Crippen LogP contribution in [0.4, 0.5) is 5.69 Å². The monoisotopic (exact) mass is 453 g/mol. The van der Waals surface area contributed by atoms with Crippen LogP contribution in [-0.2, 0) is 18.2 Å². The van der Waals surface area contributed by atoms with Gasteiger partial charge in [-0.25, -0.2) is 9.98 Å². The van der Waals surface area contributed by atoms with Gasteiger partial charge in [0.2, 0.25) is 0 Å². The summed E-state index contributed by atoms with van der Waals surface area (Å²) in [6.07, 6.45) is 2.51. The smallest absolute Gasteiger partial charge is 0.277 e. The van der Waals surface area contributed by atoms with Gasteiger partial charge in [0.1, 0.15) is 17.1 Å². The van der Waals surface area contributed by atoms with E-state index in [9.17, 15) is 4.79 Å². The van der Waals surface area contributed by atoms with Gasteiger partial charge in [0.25, 0.3) is 5.56 Å². The first kappa shape index (κ1) is 22.8. The number of ether oxygens (including phenoxy) is 2. The van der Waals surface area contributed by atoms with Crippen LogP contribution >= 0.6 is 0 Å². The van der Waals surface area contributed by atoms with E-state index in [-0.39, 0.29) is 5.56 Å². The summed E-state index contributed by atoms with van der Waals surface area (Å²) in [6.45, 7) is 7.32. The molecule has 0 atom stereocenters. The highest BCUT2D eigenvalue weighted by molar-refractivity contribution is 5.83. The van der Waals surface area contributed by atoms with Crippen molar-refractivity contribution in [3.8, 4) is 17.1 Å². The molecule has 10 heteroatoms. The Hall–Kier alpha value is -3.40. The highest BCUT2D eigenvalue weighted by atomic mass is 16.5. The van der Waals surface area contributed by atoms with Crippen molar-refractivity contribution >= 4 is 22.7 Å². The summed E-state index contributed by atoms with van der Waals surface area (Å²) in [5, 5.41) is 4.50. The fraction of sp³-hybridized carbons (Fsp3) is 0.478. The van der Waals surface area contributed by atoms with E-state index in [1.54, 1.807) is 11.7 Å². The third-order valence-electron chi connectivity index (χ3n) is 5.51. The van der Waals surface area contributed by atoms with Crippen LogP contribution < -0.4 is 16.0 Å². The SMILES string of the molecule is CCCOc1ccc(N=C(N)N2CCOCC2)cc1-c1nc2c(CCC)nn(C)c2c(=O)[nH]1.